The van der Waals surface area contributed by atoms with Crippen LogP contribution in [0.4, 0.5) is 5.82 Å². The summed E-state index contributed by atoms with van der Waals surface area (Å²) in [5.74, 6) is 0.298. The van der Waals surface area contributed by atoms with E-state index in [0.29, 0.717) is 34.8 Å². The van der Waals surface area contributed by atoms with Crippen LogP contribution in [0, 0.1) is 0 Å². The highest BCUT2D eigenvalue weighted by Gasteiger charge is 2.16. The maximum absolute atomic E-state index is 12.6. The predicted octanol–water partition coefficient (Wildman–Crippen LogP) is 2.07. The summed E-state index contributed by atoms with van der Waals surface area (Å²) in [4.78, 5) is 29.7. The van der Waals surface area contributed by atoms with Gasteiger partial charge in [-0.05, 0) is 38.4 Å². The summed E-state index contributed by atoms with van der Waals surface area (Å²) in [5.41, 5.74) is 10.2. The summed E-state index contributed by atoms with van der Waals surface area (Å²) in [6.45, 7) is 1.44. The first-order valence-corrected chi connectivity index (χ1v) is 9.86. The minimum atomic E-state index is -0.0608. The van der Waals surface area contributed by atoms with Crippen LogP contribution in [-0.4, -0.2) is 74.5 Å². The molecule has 0 atom stereocenters. The molecule has 158 valence electrons. The van der Waals surface area contributed by atoms with E-state index in [1.165, 1.54) is 0 Å². The van der Waals surface area contributed by atoms with Gasteiger partial charge >= 0.3 is 0 Å². The lowest BCUT2D eigenvalue weighted by molar-refractivity contribution is 0.0786. The fourth-order valence-electron chi connectivity index (χ4n) is 3.20. The number of aromatic nitrogens is 5. The van der Waals surface area contributed by atoms with Crippen molar-refractivity contribution in [2.24, 2.45) is 0 Å². The third-order valence-electron chi connectivity index (χ3n) is 4.96. The molecule has 0 unspecified atom stereocenters. The van der Waals surface area contributed by atoms with Crippen LogP contribution in [0.15, 0.2) is 55.1 Å². The summed E-state index contributed by atoms with van der Waals surface area (Å²) in [7, 11) is 5.75. The number of rotatable bonds is 6. The maximum atomic E-state index is 12.6. The van der Waals surface area contributed by atoms with Crippen molar-refractivity contribution in [2.45, 2.75) is 0 Å². The lowest BCUT2D eigenvalue weighted by Crippen LogP contribution is -2.33. The van der Waals surface area contributed by atoms with Crippen molar-refractivity contribution in [2.75, 3.05) is 40.0 Å². The number of hydrogen-bond acceptors (Lipinski definition) is 7. The Hall–Kier alpha value is -3.85. The van der Waals surface area contributed by atoms with Crippen LogP contribution in [0.25, 0.3) is 28.2 Å². The van der Waals surface area contributed by atoms with Gasteiger partial charge in [-0.15, -0.1) is 5.10 Å². The van der Waals surface area contributed by atoms with Gasteiger partial charge in [-0.25, -0.2) is 9.50 Å². The molecule has 0 bridgehead atoms. The molecule has 4 rings (SSSR count). The Morgan fingerprint density at radius 3 is 2.52 bits per heavy atom. The minimum absolute atomic E-state index is 0.0608. The third kappa shape index (κ3) is 4.22. The van der Waals surface area contributed by atoms with Crippen molar-refractivity contribution in [1.82, 2.24) is 34.4 Å². The van der Waals surface area contributed by atoms with Crippen molar-refractivity contribution in [3.63, 3.8) is 0 Å². The smallest absolute Gasteiger partial charge is 0.255 e. The van der Waals surface area contributed by atoms with E-state index in [0.717, 1.165) is 17.8 Å². The number of anilines is 1. The molecule has 0 aliphatic carbocycles. The number of pyridine rings is 2. The van der Waals surface area contributed by atoms with Gasteiger partial charge in [-0.3, -0.25) is 14.8 Å². The number of amides is 1. The molecule has 0 spiro atoms. The Morgan fingerprint density at radius 2 is 1.84 bits per heavy atom. The highest BCUT2D eigenvalue weighted by Crippen LogP contribution is 2.28. The zero-order chi connectivity index (χ0) is 22.0. The second kappa shape index (κ2) is 8.49. The number of nitrogens with two attached hydrogens (primary N) is 1. The Balaban J connectivity index is 1.59. The van der Waals surface area contributed by atoms with Crippen LogP contribution >= 0.6 is 0 Å². The first kappa shape index (κ1) is 20.4. The molecule has 0 aliphatic heterocycles. The monoisotopic (exact) mass is 416 g/mol. The van der Waals surface area contributed by atoms with E-state index in [-0.39, 0.29) is 5.91 Å². The quantitative estimate of drug-likeness (QED) is 0.513. The molecule has 0 saturated heterocycles. The number of likely N-dealkylation sites (N-methyl/N-ethyl adjacent to an activating group) is 2. The Labute approximate surface area is 180 Å². The zero-order valence-electron chi connectivity index (χ0n) is 17.7. The van der Waals surface area contributed by atoms with Gasteiger partial charge in [0.1, 0.15) is 0 Å². The van der Waals surface area contributed by atoms with E-state index >= 15 is 0 Å². The van der Waals surface area contributed by atoms with E-state index in [1.54, 1.807) is 41.1 Å². The molecule has 0 aromatic carbocycles. The van der Waals surface area contributed by atoms with Gasteiger partial charge in [-0.2, -0.15) is 0 Å². The van der Waals surface area contributed by atoms with Crippen LogP contribution in [0.3, 0.4) is 0 Å². The summed E-state index contributed by atoms with van der Waals surface area (Å²) in [6.07, 6.45) is 6.83. The summed E-state index contributed by atoms with van der Waals surface area (Å²) < 4.78 is 1.63. The van der Waals surface area contributed by atoms with Crippen molar-refractivity contribution >= 4 is 17.4 Å². The second-order valence-corrected chi connectivity index (χ2v) is 7.55. The van der Waals surface area contributed by atoms with E-state index < -0.39 is 0 Å². The van der Waals surface area contributed by atoms with Crippen molar-refractivity contribution in [3.05, 3.63) is 60.7 Å². The van der Waals surface area contributed by atoms with E-state index in [2.05, 4.69) is 20.1 Å². The molecule has 31 heavy (non-hydrogen) atoms. The van der Waals surface area contributed by atoms with Crippen LogP contribution in [-0.2, 0) is 0 Å². The average molecular weight is 416 g/mol. The molecule has 0 saturated carbocycles. The number of hydrogen-bond donors (Lipinski definition) is 1. The van der Waals surface area contributed by atoms with Gasteiger partial charge in [0.25, 0.3) is 5.91 Å². The fraction of sp³-hybridized carbons (Fsp3) is 0.227. The molecule has 2 N–H and O–H groups in total. The van der Waals surface area contributed by atoms with Crippen LogP contribution in [0.2, 0.25) is 0 Å². The maximum Gasteiger partial charge on any atom is 0.255 e. The largest absolute Gasteiger partial charge is 0.382 e. The van der Waals surface area contributed by atoms with Gasteiger partial charge in [0, 0.05) is 50.5 Å². The number of carbonyl (C=O) groups excluding carboxylic acids is 1. The molecule has 4 heterocycles. The van der Waals surface area contributed by atoms with Gasteiger partial charge in [-0.1, -0.05) is 6.07 Å². The Kier molecular flexibility index (Phi) is 5.59. The normalized spacial score (nSPS) is 11.2. The van der Waals surface area contributed by atoms with E-state index in [9.17, 15) is 4.79 Å². The SMILES string of the molecule is CN(C)CCN(C)C(=O)c1ccc(-c2cnc3c(-c4ccccn4)c(N)nn3c2)nc1. The first-order chi connectivity index (χ1) is 14.9. The van der Waals surface area contributed by atoms with Crippen LogP contribution in [0.5, 0.6) is 0 Å². The summed E-state index contributed by atoms with van der Waals surface area (Å²) >= 11 is 0. The Morgan fingerprint density at radius 1 is 1.00 bits per heavy atom. The van der Waals surface area contributed by atoms with Gasteiger partial charge in [0.05, 0.1) is 22.5 Å². The van der Waals surface area contributed by atoms with Crippen LogP contribution < -0.4 is 5.73 Å². The van der Waals surface area contributed by atoms with Gasteiger partial charge in [0.2, 0.25) is 0 Å². The van der Waals surface area contributed by atoms with Crippen LogP contribution in [0.1, 0.15) is 10.4 Å². The lowest BCUT2D eigenvalue weighted by atomic mass is 10.1. The fourth-order valence-corrected chi connectivity index (χ4v) is 3.20. The zero-order valence-corrected chi connectivity index (χ0v) is 17.7. The molecule has 9 nitrogen and oxygen atoms in total. The molecule has 4 aromatic heterocycles. The molecule has 0 fully saturated rings. The third-order valence-corrected chi connectivity index (χ3v) is 4.96. The first-order valence-electron chi connectivity index (χ1n) is 9.86. The standard InChI is InChI=1S/C22H24N8O/c1-28(2)10-11-29(3)22(31)15-7-8-17(25-12-15)16-13-26-21-19(18-6-4-5-9-24-18)20(23)27-30(21)14-16/h4-9,12-14H,10-11H2,1-3H3,(H2,23,27). The van der Waals surface area contributed by atoms with Crippen molar-refractivity contribution < 1.29 is 4.79 Å². The van der Waals surface area contributed by atoms with Crippen molar-refractivity contribution in [1.29, 1.82) is 0 Å². The average Bonchev–Trinajstić information content (AvgIpc) is 3.12. The van der Waals surface area contributed by atoms with E-state index in [4.69, 9.17) is 5.73 Å². The molecule has 1 amide bonds. The topological polar surface area (TPSA) is 106 Å². The molecule has 9 heteroatoms. The molecular weight excluding hydrogens is 392 g/mol. The van der Waals surface area contributed by atoms with Crippen molar-refractivity contribution in [3.8, 4) is 22.5 Å². The molecular formula is C22H24N8O. The summed E-state index contributed by atoms with van der Waals surface area (Å²) in [6, 6.07) is 9.19. The summed E-state index contributed by atoms with van der Waals surface area (Å²) in [5, 5.41) is 4.38. The number of nitrogens with zero attached hydrogens (tertiary/aromatic N) is 7. The minimum Gasteiger partial charge on any atom is -0.382 e. The predicted molar refractivity (Wildman–Crippen MR) is 119 cm³/mol. The number of carbonyl (C=O) groups is 1. The van der Waals surface area contributed by atoms with Gasteiger partial charge in [0.15, 0.2) is 11.5 Å². The Bertz CT molecular complexity index is 1200. The number of fused-ring (bicyclic) bond motifs is 1. The molecule has 4 aromatic rings. The highest BCUT2D eigenvalue weighted by atomic mass is 16.2. The molecule has 0 radical (unpaired) electrons. The van der Waals surface area contributed by atoms with E-state index in [1.807, 2.05) is 49.5 Å². The lowest BCUT2D eigenvalue weighted by Gasteiger charge is -2.19. The number of nitrogen functional groups attached to an aromatic ring is 1. The highest BCUT2D eigenvalue weighted by molar-refractivity contribution is 5.94. The molecule has 0 aliphatic rings. The van der Waals surface area contributed by atoms with Gasteiger partial charge < -0.3 is 15.5 Å². The second-order valence-electron chi connectivity index (χ2n) is 7.55.